The maximum absolute atomic E-state index is 14.0. The Morgan fingerprint density at radius 1 is 0.788 bits per heavy atom. The minimum Gasteiger partial charge on any atom is -0.507 e. The predicted octanol–water partition coefficient (Wildman–Crippen LogP) is 7.17. The predicted molar refractivity (Wildman–Crippen MR) is 134 cm³/mol. The van der Waals surface area contributed by atoms with Crippen LogP contribution in [0.25, 0.3) is 11.1 Å². The third-order valence-electron chi connectivity index (χ3n) is 5.72. The molecule has 0 aromatic heterocycles. The molecule has 33 heavy (non-hydrogen) atoms. The Morgan fingerprint density at radius 2 is 1.36 bits per heavy atom. The maximum Gasteiger partial charge on any atom is 0.255 e. The average Bonchev–Trinajstić information content (AvgIpc) is 2.83. The number of aryl methyl sites for hydroxylation is 2. The normalized spacial score (nSPS) is 10.8. The highest BCUT2D eigenvalue weighted by molar-refractivity contribution is 6.31. The Balaban J connectivity index is 1.76. The monoisotopic (exact) mass is 455 g/mol. The molecule has 4 aromatic carbocycles. The Kier molecular flexibility index (Phi) is 6.81. The molecule has 1 N–H and O–H groups in total. The molecule has 166 valence electrons. The number of amides is 1. The van der Waals surface area contributed by atoms with E-state index in [0.717, 1.165) is 33.4 Å². The highest BCUT2D eigenvalue weighted by Crippen LogP contribution is 2.29. The summed E-state index contributed by atoms with van der Waals surface area (Å²) in [7, 11) is 0. The van der Waals surface area contributed by atoms with Crippen LogP contribution in [0, 0.1) is 13.8 Å². The maximum atomic E-state index is 14.0. The molecule has 0 aliphatic carbocycles. The van der Waals surface area contributed by atoms with E-state index in [1.54, 1.807) is 6.07 Å². The second-order valence-electron chi connectivity index (χ2n) is 8.28. The summed E-state index contributed by atoms with van der Waals surface area (Å²) >= 11 is 6.33. The second kappa shape index (κ2) is 9.93. The van der Waals surface area contributed by atoms with E-state index in [4.69, 9.17) is 11.6 Å². The summed E-state index contributed by atoms with van der Waals surface area (Å²) in [6, 6.07) is 29.1. The van der Waals surface area contributed by atoms with Crippen molar-refractivity contribution in [3.8, 4) is 16.9 Å². The number of halogens is 1. The van der Waals surface area contributed by atoms with E-state index in [0.29, 0.717) is 29.4 Å². The van der Waals surface area contributed by atoms with Gasteiger partial charge in [-0.3, -0.25) is 4.79 Å². The van der Waals surface area contributed by atoms with Crippen LogP contribution in [-0.2, 0) is 13.1 Å². The van der Waals surface area contributed by atoms with Crippen LogP contribution in [0.3, 0.4) is 0 Å². The van der Waals surface area contributed by atoms with Crippen LogP contribution >= 0.6 is 11.6 Å². The summed E-state index contributed by atoms with van der Waals surface area (Å²) in [5.41, 5.74) is 5.98. The molecule has 0 atom stereocenters. The molecule has 0 heterocycles. The molecule has 0 saturated heterocycles. The van der Waals surface area contributed by atoms with Crippen molar-refractivity contribution >= 4 is 17.5 Å². The van der Waals surface area contributed by atoms with Gasteiger partial charge in [-0.2, -0.15) is 0 Å². The van der Waals surface area contributed by atoms with E-state index < -0.39 is 0 Å². The van der Waals surface area contributed by atoms with Gasteiger partial charge in [-0.15, -0.1) is 0 Å². The number of carbonyl (C=O) groups excluding carboxylic acids is 1. The zero-order chi connectivity index (χ0) is 23.4. The number of benzene rings is 4. The number of hydrogen-bond donors (Lipinski definition) is 1. The standard InChI is InChI=1S/C29H26ClNO2/c1-20-15-23(16-21(2)28(20)32)19-31(18-22-9-5-3-6-10-22)29(33)27-17-25(30)13-14-26(27)24-11-7-4-8-12-24/h3-17,32H,18-19H2,1-2H3. The van der Waals surface area contributed by atoms with Crippen LogP contribution in [0.5, 0.6) is 5.75 Å². The van der Waals surface area contributed by atoms with Gasteiger partial charge in [0.2, 0.25) is 0 Å². The van der Waals surface area contributed by atoms with Gasteiger partial charge in [0.25, 0.3) is 5.91 Å². The SMILES string of the molecule is Cc1cc(CN(Cc2ccccc2)C(=O)c2cc(Cl)ccc2-c2ccccc2)cc(C)c1O. The molecule has 0 bridgehead atoms. The molecule has 3 nitrogen and oxygen atoms in total. The van der Waals surface area contributed by atoms with E-state index in [2.05, 4.69) is 0 Å². The van der Waals surface area contributed by atoms with Gasteiger partial charge in [-0.25, -0.2) is 0 Å². The van der Waals surface area contributed by atoms with Crippen molar-refractivity contribution in [3.05, 3.63) is 124 Å². The first-order valence-electron chi connectivity index (χ1n) is 10.9. The fourth-order valence-corrected chi connectivity index (χ4v) is 4.27. The molecule has 0 spiro atoms. The minimum atomic E-state index is -0.0939. The van der Waals surface area contributed by atoms with Crippen molar-refractivity contribution < 1.29 is 9.90 Å². The van der Waals surface area contributed by atoms with Crippen molar-refractivity contribution in [2.75, 3.05) is 0 Å². The van der Waals surface area contributed by atoms with Crippen LogP contribution in [-0.4, -0.2) is 15.9 Å². The summed E-state index contributed by atoms with van der Waals surface area (Å²) in [5, 5.41) is 10.7. The third-order valence-corrected chi connectivity index (χ3v) is 5.96. The van der Waals surface area contributed by atoms with Gasteiger partial charge in [0.05, 0.1) is 0 Å². The van der Waals surface area contributed by atoms with Crippen molar-refractivity contribution in [2.45, 2.75) is 26.9 Å². The Hall–Kier alpha value is -3.56. The molecule has 0 saturated carbocycles. The first kappa shape index (κ1) is 22.6. The number of carbonyl (C=O) groups is 1. The number of phenolic OH excluding ortho intramolecular Hbond substituents is 1. The number of aromatic hydroxyl groups is 1. The smallest absolute Gasteiger partial charge is 0.255 e. The van der Waals surface area contributed by atoms with E-state index in [1.165, 1.54) is 0 Å². The fourth-order valence-electron chi connectivity index (χ4n) is 4.09. The highest BCUT2D eigenvalue weighted by atomic mass is 35.5. The summed E-state index contributed by atoms with van der Waals surface area (Å²) in [4.78, 5) is 15.8. The van der Waals surface area contributed by atoms with Crippen molar-refractivity contribution in [3.63, 3.8) is 0 Å². The topological polar surface area (TPSA) is 40.5 Å². The molecular weight excluding hydrogens is 430 g/mol. The first-order chi connectivity index (χ1) is 15.9. The number of nitrogens with zero attached hydrogens (tertiary/aromatic N) is 1. The van der Waals surface area contributed by atoms with Gasteiger partial charge in [-0.05, 0) is 59.4 Å². The molecule has 0 aliphatic heterocycles. The lowest BCUT2D eigenvalue weighted by Gasteiger charge is -2.25. The third kappa shape index (κ3) is 5.27. The van der Waals surface area contributed by atoms with Crippen LogP contribution in [0.2, 0.25) is 5.02 Å². The van der Waals surface area contributed by atoms with Crippen molar-refractivity contribution in [1.29, 1.82) is 0 Å². The van der Waals surface area contributed by atoms with Crippen molar-refractivity contribution in [2.24, 2.45) is 0 Å². The zero-order valence-electron chi connectivity index (χ0n) is 18.8. The molecule has 0 aliphatic rings. The lowest BCUT2D eigenvalue weighted by atomic mass is 9.98. The van der Waals surface area contributed by atoms with Gasteiger partial charge < -0.3 is 10.0 Å². The molecule has 4 heteroatoms. The Labute approximate surface area is 199 Å². The second-order valence-corrected chi connectivity index (χ2v) is 8.72. The van der Waals surface area contributed by atoms with Crippen LogP contribution in [0.1, 0.15) is 32.6 Å². The van der Waals surface area contributed by atoms with Crippen LogP contribution in [0.15, 0.2) is 91.0 Å². The van der Waals surface area contributed by atoms with Gasteiger partial charge in [-0.1, -0.05) is 90.5 Å². The summed E-state index contributed by atoms with van der Waals surface area (Å²) in [6.07, 6.45) is 0. The van der Waals surface area contributed by atoms with E-state index in [-0.39, 0.29) is 5.91 Å². The highest BCUT2D eigenvalue weighted by Gasteiger charge is 2.21. The van der Waals surface area contributed by atoms with Gasteiger partial charge in [0.15, 0.2) is 0 Å². The zero-order valence-corrected chi connectivity index (χ0v) is 19.5. The first-order valence-corrected chi connectivity index (χ1v) is 11.3. The lowest BCUT2D eigenvalue weighted by molar-refractivity contribution is 0.0730. The number of hydrogen-bond acceptors (Lipinski definition) is 2. The quantitative estimate of drug-likeness (QED) is 0.334. The van der Waals surface area contributed by atoms with E-state index in [1.807, 2.05) is 104 Å². The largest absolute Gasteiger partial charge is 0.507 e. The summed E-state index contributed by atoms with van der Waals surface area (Å²) < 4.78 is 0. The Morgan fingerprint density at radius 3 is 2.00 bits per heavy atom. The molecule has 0 radical (unpaired) electrons. The summed E-state index contributed by atoms with van der Waals surface area (Å²) in [5.74, 6) is 0.199. The van der Waals surface area contributed by atoms with E-state index in [9.17, 15) is 9.90 Å². The molecule has 0 unspecified atom stereocenters. The van der Waals surface area contributed by atoms with E-state index >= 15 is 0 Å². The molecule has 4 aromatic rings. The molecule has 1 amide bonds. The summed E-state index contributed by atoms with van der Waals surface area (Å²) in [6.45, 7) is 4.62. The number of phenols is 1. The molecule has 4 rings (SSSR count). The van der Waals surface area contributed by atoms with Crippen LogP contribution in [0.4, 0.5) is 0 Å². The Bertz CT molecular complexity index is 1250. The number of rotatable bonds is 6. The average molecular weight is 456 g/mol. The fraction of sp³-hybridized carbons (Fsp3) is 0.138. The molecule has 0 fully saturated rings. The van der Waals surface area contributed by atoms with Crippen molar-refractivity contribution in [1.82, 2.24) is 4.90 Å². The van der Waals surface area contributed by atoms with Gasteiger partial charge in [0, 0.05) is 23.7 Å². The van der Waals surface area contributed by atoms with Crippen LogP contribution < -0.4 is 0 Å². The minimum absolute atomic E-state index is 0.0939. The van der Waals surface area contributed by atoms with Gasteiger partial charge in [0.1, 0.15) is 5.75 Å². The lowest BCUT2D eigenvalue weighted by Crippen LogP contribution is -2.30. The molecular formula is C29H26ClNO2. The van der Waals surface area contributed by atoms with Gasteiger partial charge >= 0.3 is 0 Å².